The number of hydrogen-bond donors (Lipinski definition) is 8. The van der Waals surface area contributed by atoms with Crippen molar-refractivity contribution in [3.05, 3.63) is 64.4 Å². The normalized spacial score (nSPS) is 22.7. The summed E-state index contributed by atoms with van der Waals surface area (Å²) in [5, 5.41) is 60.5. The molecule has 0 radical (unpaired) electrons. The van der Waals surface area contributed by atoms with Crippen molar-refractivity contribution in [2.75, 3.05) is 19.5 Å². The summed E-state index contributed by atoms with van der Waals surface area (Å²) in [5.74, 6) is -2.04. The van der Waals surface area contributed by atoms with Crippen LogP contribution < -0.4 is 25.4 Å². The number of H-pyrrole nitrogens is 1. The highest BCUT2D eigenvalue weighted by Crippen LogP contribution is 2.43. The second kappa shape index (κ2) is 11.8. The monoisotopic (exact) mass is 600 g/mol. The smallest absolute Gasteiger partial charge is 0.335 e. The first-order valence-corrected chi connectivity index (χ1v) is 12.8. The maximum absolute atomic E-state index is 13.0. The zero-order chi connectivity index (χ0) is 31.0. The van der Waals surface area contributed by atoms with Gasteiger partial charge in [-0.25, -0.2) is 4.79 Å². The Kier molecular flexibility index (Phi) is 8.16. The number of hydrogen-bond acceptors (Lipinski definition) is 13. The van der Waals surface area contributed by atoms with Gasteiger partial charge in [-0.15, -0.1) is 0 Å². The third-order valence-electron chi connectivity index (χ3n) is 6.81. The van der Waals surface area contributed by atoms with Gasteiger partial charge in [0.15, 0.2) is 23.0 Å². The van der Waals surface area contributed by atoms with Crippen LogP contribution in [0.25, 0.3) is 22.3 Å². The largest absolute Gasteiger partial charge is 0.504 e. The molecule has 1 aliphatic heterocycles. The summed E-state index contributed by atoms with van der Waals surface area (Å²) in [6, 6.07) is 12.0. The van der Waals surface area contributed by atoms with E-state index in [9.17, 15) is 40.2 Å². The minimum atomic E-state index is -1.94. The van der Waals surface area contributed by atoms with Crippen LogP contribution in [-0.4, -0.2) is 86.0 Å². The Morgan fingerprint density at radius 1 is 1.07 bits per heavy atom. The van der Waals surface area contributed by atoms with Crippen LogP contribution in [-0.2, 0) is 9.53 Å². The molecule has 1 aliphatic rings. The quantitative estimate of drug-likeness (QED) is 0.130. The van der Waals surface area contributed by atoms with Crippen LogP contribution >= 0.6 is 0 Å². The number of rotatable bonds is 9. The van der Waals surface area contributed by atoms with Crippen LogP contribution in [0.5, 0.6) is 23.0 Å². The number of nitrogens with two attached hydrogens (primary N) is 1. The Hall–Kier alpha value is -4.80. The number of benzene rings is 2. The van der Waals surface area contributed by atoms with E-state index in [4.69, 9.17) is 29.1 Å². The Morgan fingerprint density at radius 3 is 2.42 bits per heavy atom. The summed E-state index contributed by atoms with van der Waals surface area (Å²) in [5.41, 5.74) is 5.78. The van der Waals surface area contributed by atoms with Crippen molar-refractivity contribution in [3.8, 4) is 34.3 Å². The van der Waals surface area contributed by atoms with E-state index in [0.29, 0.717) is 22.8 Å². The number of phenols is 1. The first-order chi connectivity index (χ1) is 20.5. The fraction of sp³-hybridized carbons (Fsp3) is 0.286. The number of aliphatic carboxylic acids is 1. The van der Waals surface area contributed by atoms with Gasteiger partial charge in [0, 0.05) is 23.4 Å². The molecular weight excluding hydrogens is 572 g/mol. The molecule has 43 heavy (non-hydrogen) atoms. The van der Waals surface area contributed by atoms with E-state index in [2.05, 4.69) is 4.98 Å². The van der Waals surface area contributed by atoms with E-state index in [0.717, 1.165) is 19.2 Å². The molecule has 1 fully saturated rings. The molecule has 2 aromatic heterocycles. The highest BCUT2D eigenvalue weighted by atomic mass is 16.7. The molecule has 0 amide bonds. The molecule has 0 aliphatic carbocycles. The number of carboxylic acids is 1. The van der Waals surface area contributed by atoms with Gasteiger partial charge in [-0.2, -0.15) is 0 Å². The zero-order valence-electron chi connectivity index (χ0n) is 22.4. The van der Waals surface area contributed by atoms with Gasteiger partial charge in [0.25, 0.3) is 0 Å². The van der Waals surface area contributed by atoms with Crippen molar-refractivity contribution in [1.29, 1.82) is 0 Å². The summed E-state index contributed by atoms with van der Waals surface area (Å²) >= 11 is 0. The number of phenolic OH excluding ortho intramolecular Hbond substituents is 1. The predicted molar refractivity (Wildman–Crippen MR) is 147 cm³/mol. The van der Waals surface area contributed by atoms with Gasteiger partial charge in [0.05, 0.1) is 7.11 Å². The van der Waals surface area contributed by atoms with Crippen LogP contribution in [0.1, 0.15) is 11.8 Å². The maximum atomic E-state index is 13.0. The predicted octanol–water partition coefficient (Wildman–Crippen LogP) is 0.468. The Labute approximate surface area is 241 Å². The van der Waals surface area contributed by atoms with Gasteiger partial charge >= 0.3 is 5.97 Å². The molecule has 2 aromatic carbocycles. The number of aromatic amines is 1. The molecule has 5 rings (SSSR count). The Bertz CT molecular complexity index is 1680. The van der Waals surface area contributed by atoms with E-state index in [1.165, 1.54) is 0 Å². The van der Waals surface area contributed by atoms with Gasteiger partial charge < -0.3 is 64.7 Å². The topological polar surface area (TPSA) is 247 Å². The van der Waals surface area contributed by atoms with Crippen LogP contribution in [0.3, 0.4) is 0 Å². The van der Waals surface area contributed by atoms with Crippen LogP contribution in [0.4, 0.5) is 5.82 Å². The number of aliphatic hydroxyl groups is 4. The summed E-state index contributed by atoms with van der Waals surface area (Å²) < 4.78 is 27.4. The van der Waals surface area contributed by atoms with Crippen LogP contribution in [0.15, 0.2) is 57.7 Å². The van der Waals surface area contributed by atoms with Crippen molar-refractivity contribution in [1.82, 2.24) is 4.98 Å². The number of aliphatic hydroxyl groups excluding tert-OH is 4. The van der Waals surface area contributed by atoms with Crippen molar-refractivity contribution >= 4 is 22.8 Å². The molecule has 6 atom stereocenters. The van der Waals surface area contributed by atoms with Crippen molar-refractivity contribution in [2.45, 2.75) is 36.8 Å². The minimum absolute atomic E-state index is 0.0587. The molecule has 15 nitrogen and oxygen atoms in total. The van der Waals surface area contributed by atoms with E-state index < -0.39 is 54.0 Å². The highest BCUT2D eigenvalue weighted by Gasteiger charge is 2.48. The van der Waals surface area contributed by atoms with Gasteiger partial charge in [0.1, 0.15) is 59.3 Å². The molecule has 4 aromatic rings. The van der Waals surface area contributed by atoms with Crippen molar-refractivity contribution < 1.29 is 58.8 Å². The summed E-state index contributed by atoms with van der Waals surface area (Å²) in [4.78, 5) is 27.3. The van der Waals surface area contributed by atoms with Gasteiger partial charge in [-0.1, -0.05) is 0 Å². The number of nitrogen functional groups attached to an aromatic ring is 1. The second-order valence-corrected chi connectivity index (χ2v) is 9.68. The fourth-order valence-electron chi connectivity index (χ4n) is 4.57. The molecule has 9 N–H and O–H groups in total. The fourth-order valence-corrected chi connectivity index (χ4v) is 4.57. The SMILES string of the molecule is COc1c(O[C@@H]2O[C@H](C(=O)O)[C@@H](O)[C@@H](O)[C@H]2O)cc2oc(-c3ccc(OC[C@H](O)c4ccc(N)[nH]4)cc3)cc(=O)c2c1O. The van der Waals surface area contributed by atoms with E-state index in [-0.39, 0.29) is 34.8 Å². The average molecular weight is 601 g/mol. The first kappa shape index (κ1) is 29.7. The standard InChI is InChI=1S/C28H28N2O13/c1-39-25-18(42-28-24(36)22(34)23(35)26(43-28)27(37)38)9-17-20(21(25)33)14(31)8-16(41-17)11-2-4-12(5-3-11)40-10-15(32)13-6-7-19(29)30-13/h2-9,15,22-24,26,28,30,32-36H,10,29H2,1H3,(H,37,38)/t15-,22+,23-,24+,26-,28+/m0/s1. The number of aromatic nitrogens is 1. The number of carboxylic acid groups (broad SMARTS) is 1. The van der Waals surface area contributed by atoms with Crippen LogP contribution in [0.2, 0.25) is 0 Å². The number of anilines is 1. The Morgan fingerprint density at radius 2 is 1.79 bits per heavy atom. The summed E-state index contributed by atoms with van der Waals surface area (Å²) in [6.45, 7) is -0.0587. The van der Waals surface area contributed by atoms with Gasteiger partial charge in [-0.3, -0.25) is 4.79 Å². The lowest BCUT2D eigenvalue weighted by Gasteiger charge is -2.38. The number of carbonyl (C=O) groups is 1. The average Bonchev–Trinajstić information content (AvgIpc) is 3.42. The molecular formula is C28H28N2O13. The number of methoxy groups -OCH3 is 1. The second-order valence-electron chi connectivity index (χ2n) is 9.68. The summed E-state index contributed by atoms with van der Waals surface area (Å²) in [7, 11) is 1.16. The van der Waals surface area contributed by atoms with E-state index in [1.54, 1.807) is 36.4 Å². The third-order valence-corrected chi connectivity index (χ3v) is 6.81. The molecule has 0 bridgehead atoms. The molecule has 15 heteroatoms. The van der Waals surface area contributed by atoms with Crippen LogP contribution in [0, 0.1) is 0 Å². The zero-order valence-corrected chi connectivity index (χ0v) is 22.4. The minimum Gasteiger partial charge on any atom is -0.504 e. The third kappa shape index (κ3) is 5.79. The van der Waals surface area contributed by atoms with Gasteiger partial charge in [0.2, 0.25) is 12.0 Å². The highest BCUT2D eigenvalue weighted by molar-refractivity contribution is 5.89. The number of ether oxygens (including phenoxy) is 4. The van der Waals surface area contributed by atoms with E-state index >= 15 is 0 Å². The number of aromatic hydroxyl groups is 1. The molecule has 1 saturated heterocycles. The lowest BCUT2D eigenvalue weighted by atomic mass is 9.99. The first-order valence-electron chi connectivity index (χ1n) is 12.8. The molecule has 3 heterocycles. The number of nitrogens with one attached hydrogen (secondary N) is 1. The van der Waals surface area contributed by atoms with E-state index in [1.807, 2.05) is 0 Å². The van der Waals surface area contributed by atoms with Crippen molar-refractivity contribution in [3.63, 3.8) is 0 Å². The van der Waals surface area contributed by atoms with Crippen molar-refractivity contribution in [2.24, 2.45) is 0 Å². The molecule has 228 valence electrons. The Balaban J connectivity index is 1.41. The van der Waals surface area contributed by atoms with Gasteiger partial charge in [-0.05, 0) is 36.4 Å². The number of fused-ring (bicyclic) bond motifs is 1. The molecule has 0 spiro atoms. The lowest BCUT2D eigenvalue weighted by molar-refractivity contribution is -0.271. The summed E-state index contributed by atoms with van der Waals surface area (Å²) in [6.07, 6.45) is -10.5. The molecule has 0 saturated carbocycles. The molecule has 0 unspecified atom stereocenters. The lowest BCUT2D eigenvalue weighted by Crippen LogP contribution is -2.61. The maximum Gasteiger partial charge on any atom is 0.335 e.